The molecule has 0 radical (unpaired) electrons. The number of rotatable bonds is 55. The molecule has 1 unspecified atom stereocenters. The maximum Gasteiger partial charge on any atom is 0.306 e. The van der Waals surface area contributed by atoms with Crippen molar-refractivity contribution in [2.75, 3.05) is 13.2 Å². The van der Waals surface area contributed by atoms with Crippen molar-refractivity contribution in [3.05, 3.63) is 97.2 Å². The molecular weight excluding hydrogens is 901 g/mol. The molecule has 418 valence electrons. The normalized spacial score (nSPS) is 12.8. The van der Waals surface area contributed by atoms with E-state index >= 15 is 0 Å². The molecule has 0 amide bonds. The molecule has 6 heteroatoms. The van der Waals surface area contributed by atoms with Gasteiger partial charge in [0.05, 0.1) is 0 Å². The lowest BCUT2D eigenvalue weighted by Crippen LogP contribution is -2.30. The zero-order valence-corrected chi connectivity index (χ0v) is 47.9. The molecule has 0 heterocycles. The largest absolute Gasteiger partial charge is 0.462 e. The van der Waals surface area contributed by atoms with E-state index in [0.29, 0.717) is 19.3 Å². The number of esters is 3. The van der Waals surface area contributed by atoms with E-state index in [4.69, 9.17) is 14.2 Å². The summed E-state index contributed by atoms with van der Waals surface area (Å²) in [6.45, 7) is 6.47. The highest BCUT2D eigenvalue weighted by atomic mass is 16.6. The van der Waals surface area contributed by atoms with Crippen molar-refractivity contribution in [1.29, 1.82) is 0 Å². The fourth-order valence-corrected chi connectivity index (χ4v) is 8.44. The Hall–Kier alpha value is -3.67. The number of hydrogen-bond donors (Lipinski definition) is 0. The maximum absolute atomic E-state index is 12.9. The number of hydrogen-bond acceptors (Lipinski definition) is 6. The zero-order valence-electron chi connectivity index (χ0n) is 47.9. The summed E-state index contributed by atoms with van der Waals surface area (Å²) in [6, 6.07) is 0. The molecule has 0 aliphatic heterocycles. The van der Waals surface area contributed by atoms with Crippen molar-refractivity contribution in [3.63, 3.8) is 0 Å². The Balaban J connectivity index is 4.42. The summed E-state index contributed by atoms with van der Waals surface area (Å²) in [7, 11) is 0. The van der Waals surface area contributed by atoms with E-state index in [1.165, 1.54) is 154 Å². The van der Waals surface area contributed by atoms with E-state index in [2.05, 4.69) is 118 Å². The van der Waals surface area contributed by atoms with E-state index in [-0.39, 0.29) is 31.1 Å². The molecule has 0 aliphatic carbocycles. The molecule has 73 heavy (non-hydrogen) atoms. The van der Waals surface area contributed by atoms with Crippen molar-refractivity contribution in [2.45, 2.75) is 297 Å². The van der Waals surface area contributed by atoms with Gasteiger partial charge < -0.3 is 14.2 Å². The molecule has 0 saturated carbocycles. The zero-order chi connectivity index (χ0) is 52.9. The molecule has 0 aromatic carbocycles. The highest BCUT2D eigenvalue weighted by Gasteiger charge is 2.19. The molecule has 6 nitrogen and oxygen atoms in total. The first-order chi connectivity index (χ1) is 36.0. The molecule has 0 aromatic heterocycles. The summed E-state index contributed by atoms with van der Waals surface area (Å²) in [5.41, 5.74) is 0. The Labute approximate surface area is 451 Å². The molecular formula is C67H114O6. The summed E-state index contributed by atoms with van der Waals surface area (Å²) in [5.74, 6) is -0.939. The van der Waals surface area contributed by atoms with Gasteiger partial charge in [-0.25, -0.2) is 0 Å². The van der Waals surface area contributed by atoms with Crippen molar-refractivity contribution in [2.24, 2.45) is 0 Å². The lowest BCUT2D eigenvalue weighted by Gasteiger charge is -2.18. The topological polar surface area (TPSA) is 78.9 Å². The molecule has 0 bridgehead atoms. The summed E-state index contributed by atoms with van der Waals surface area (Å²) >= 11 is 0. The summed E-state index contributed by atoms with van der Waals surface area (Å²) in [4.78, 5) is 38.3. The molecule has 0 aliphatic rings. The third-order valence-electron chi connectivity index (χ3n) is 13.0. The average Bonchev–Trinajstić information content (AvgIpc) is 3.39. The van der Waals surface area contributed by atoms with Gasteiger partial charge in [-0.05, 0) is 122 Å². The van der Waals surface area contributed by atoms with Gasteiger partial charge in [-0.2, -0.15) is 0 Å². The minimum Gasteiger partial charge on any atom is -0.462 e. The Morgan fingerprint density at radius 1 is 0.288 bits per heavy atom. The van der Waals surface area contributed by atoms with Gasteiger partial charge in [-0.1, -0.05) is 246 Å². The number of carbonyl (C=O) groups excluding carboxylic acids is 3. The van der Waals surface area contributed by atoms with Gasteiger partial charge >= 0.3 is 17.9 Å². The highest BCUT2D eigenvalue weighted by molar-refractivity contribution is 5.71. The quantitative estimate of drug-likeness (QED) is 0.0261. The van der Waals surface area contributed by atoms with Gasteiger partial charge in [0, 0.05) is 19.3 Å². The first-order valence-electron chi connectivity index (χ1n) is 30.7. The van der Waals surface area contributed by atoms with Crippen LogP contribution in [0.1, 0.15) is 290 Å². The number of allylic oxidation sites excluding steroid dienone is 16. The van der Waals surface area contributed by atoms with Gasteiger partial charge in [0.25, 0.3) is 0 Å². The second-order valence-electron chi connectivity index (χ2n) is 20.2. The Morgan fingerprint density at radius 3 is 0.890 bits per heavy atom. The summed E-state index contributed by atoms with van der Waals surface area (Å²) < 4.78 is 16.9. The van der Waals surface area contributed by atoms with E-state index in [9.17, 15) is 14.4 Å². The van der Waals surface area contributed by atoms with Crippen LogP contribution in [0.3, 0.4) is 0 Å². The number of carbonyl (C=O) groups is 3. The first-order valence-corrected chi connectivity index (χ1v) is 30.7. The van der Waals surface area contributed by atoms with Crippen LogP contribution in [0, 0.1) is 0 Å². The third-order valence-corrected chi connectivity index (χ3v) is 13.0. The van der Waals surface area contributed by atoms with E-state index in [0.717, 1.165) is 96.3 Å². The minimum absolute atomic E-state index is 0.0946. The minimum atomic E-state index is -0.801. The monoisotopic (exact) mass is 1010 g/mol. The summed E-state index contributed by atoms with van der Waals surface area (Å²) in [6.07, 6.45) is 81.2. The number of ether oxygens (including phenoxy) is 3. The van der Waals surface area contributed by atoms with Crippen LogP contribution >= 0.6 is 0 Å². The molecule has 1 atom stereocenters. The number of unbranched alkanes of at least 4 members (excludes halogenated alkanes) is 28. The molecule has 0 spiro atoms. The summed E-state index contributed by atoms with van der Waals surface area (Å²) in [5, 5.41) is 0. The molecule has 0 aromatic rings. The smallest absolute Gasteiger partial charge is 0.306 e. The van der Waals surface area contributed by atoms with Gasteiger partial charge in [0.15, 0.2) is 6.10 Å². The van der Waals surface area contributed by atoms with Gasteiger partial charge in [0.1, 0.15) is 13.2 Å². The van der Waals surface area contributed by atoms with Crippen LogP contribution in [0.5, 0.6) is 0 Å². The van der Waals surface area contributed by atoms with Gasteiger partial charge in [-0.3, -0.25) is 14.4 Å². The molecule has 0 saturated heterocycles. The highest BCUT2D eigenvalue weighted by Crippen LogP contribution is 2.15. The van der Waals surface area contributed by atoms with Crippen LogP contribution in [0.4, 0.5) is 0 Å². The van der Waals surface area contributed by atoms with Gasteiger partial charge in [-0.15, -0.1) is 0 Å². The van der Waals surface area contributed by atoms with Crippen LogP contribution < -0.4 is 0 Å². The third kappa shape index (κ3) is 59.1. The van der Waals surface area contributed by atoms with Crippen molar-refractivity contribution in [1.82, 2.24) is 0 Å². The Morgan fingerprint density at radius 2 is 0.534 bits per heavy atom. The Bertz CT molecular complexity index is 1440. The van der Waals surface area contributed by atoms with Crippen molar-refractivity contribution < 1.29 is 28.6 Å². The first kappa shape index (κ1) is 69.3. The lowest BCUT2D eigenvalue weighted by atomic mass is 10.1. The van der Waals surface area contributed by atoms with Gasteiger partial charge in [0.2, 0.25) is 0 Å². The van der Waals surface area contributed by atoms with E-state index < -0.39 is 6.10 Å². The van der Waals surface area contributed by atoms with Crippen LogP contribution in [0.25, 0.3) is 0 Å². The molecule has 0 fully saturated rings. The fraction of sp³-hybridized carbons (Fsp3) is 0.716. The fourth-order valence-electron chi connectivity index (χ4n) is 8.44. The van der Waals surface area contributed by atoms with Crippen LogP contribution in [0.2, 0.25) is 0 Å². The molecule has 0 rings (SSSR count). The average molecular weight is 1020 g/mol. The van der Waals surface area contributed by atoms with Crippen LogP contribution in [0.15, 0.2) is 97.2 Å². The SMILES string of the molecule is CC/C=C\C/C=C\C/C=C\C/C=C\CCCCC(=O)OCC(COC(=O)CCCCCCCCCCC/C=C\C/C=C\CCCCCCC)OC(=O)CCCCCCCCCCC/C=C\C/C=C\CCCCC. The van der Waals surface area contributed by atoms with E-state index in [1.807, 2.05) is 0 Å². The predicted octanol–water partition coefficient (Wildman–Crippen LogP) is 20.9. The maximum atomic E-state index is 12.9. The second-order valence-corrected chi connectivity index (χ2v) is 20.2. The van der Waals surface area contributed by atoms with Crippen molar-refractivity contribution >= 4 is 17.9 Å². The van der Waals surface area contributed by atoms with Crippen LogP contribution in [-0.2, 0) is 28.6 Å². The predicted molar refractivity (Wildman–Crippen MR) is 316 cm³/mol. The van der Waals surface area contributed by atoms with Crippen molar-refractivity contribution in [3.8, 4) is 0 Å². The van der Waals surface area contributed by atoms with Crippen LogP contribution in [-0.4, -0.2) is 37.2 Å². The Kier molecular flexibility index (Phi) is 57.8. The second kappa shape index (κ2) is 60.9. The van der Waals surface area contributed by atoms with E-state index in [1.54, 1.807) is 0 Å². The standard InChI is InChI=1S/C67H114O6/c1-4-7-10-13-16-19-22-25-28-30-32-33-35-36-39-42-45-48-51-54-57-60-66(69)72-63-64(62-71-65(68)59-56-53-50-47-44-41-38-27-24-21-18-15-12-9-6-3)73-67(70)61-58-55-52-49-46-43-40-37-34-31-29-26-23-20-17-14-11-8-5-2/h9,12,17-18,20-22,25-27,29-30,32,38,44,47,64H,4-8,10-11,13-16,19,23-24,28,31,33-37,39-43,45-46,48-63H2,1-3H3/b12-9-,20-17-,21-18-,25-22-,29-26-,32-30-,38-27-,47-44-. The lowest BCUT2D eigenvalue weighted by molar-refractivity contribution is -0.167. The molecule has 0 N–H and O–H groups in total.